The lowest BCUT2D eigenvalue weighted by Gasteiger charge is -2.06. The van der Waals surface area contributed by atoms with Crippen LogP contribution in [-0.2, 0) is 10.1 Å². The van der Waals surface area contributed by atoms with Gasteiger partial charge in [0.25, 0.3) is 10.1 Å². The van der Waals surface area contributed by atoms with Crippen LogP contribution in [0, 0.1) is 0 Å². The second-order valence-electron chi connectivity index (χ2n) is 6.83. The third kappa shape index (κ3) is 20.2. The van der Waals surface area contributed by atoms with Gasteiger partial charge in [-0.2, -0.15) is 8.42 Å². The molecule has 0 heterocycles. The molecule has 4 nitrogen and oxygen atoms in total. The maximum atomic E-state index is 10.5. The minimum Gasteiger partial charge on any atom is -0.392 e. The van der Waals surface area contributed by atoms with E-state index in [-0.39, 0.29) is 11.9 Å². The summed E-state index contributed by atoms with van der Waals surface area (Å²) in [6.45, 7) is 0. The SMILES string of the molecule is O=S(=O)(O)CCCCCCCCCCCCCCCCC(O)CCl. The summed E-state index contributed by atoms with van der Waals surface area (Å²) in [5.74, 6) is 0.255. The first kappa shape index (κ1) is 24.2. The van der Waals surface area contributed by atoms with Crippen LogP contribution in [0.2, 0.25) is 0 Å². The highest BCUT2D eigenvalue weighted by Gasteiger charge is 2.03. The molecule has 24 heavy (non-hydrogen) atoms. The van der Waals surface area contributed by atoms with Crippen molar-refractivity contribution >= 4 is 21.7 Å². The van der Waals surface area contributed by atoms with Crippen molar-refractivity contribution in [2.75, 3.05) is 11.6 Å². The van der Waals surface area contributed by atoms with Crippen molar-refractivity contribution in [3.63, 3.8) is 0 Å². The fraction of sp³-hybridized carbons (Fsp3) is 1.00. The van der Waals surface area contributed by atoms with E-state index in [1.807, 2.05) is 0 Å². The Labute approximate surface area is 154 Å². The third-order valence-corrected chi connectivity index (χ3v) is 5.53. The van der Waals surface area contributed by atoms with E-state index in [0.29, 0.717) is 12.3 Å². The van der Waals surface area contributed by atoms with Crippen LogP contribution in [0.5, 0.6) is 0 Å². The Morgan fingerprint density at radius 2 is 1.00 bits per heavy atom. The van der Waals surface area contributed by atoms with Gasteiger partial charge in [0.2, 0.25) is 0 Å². The van der Waals surface area contributed by atoms with Crippen molar-refractivity contribution < 1.29 is 18.1 Å². The van der Waals surface area contributed by atoms with Crippen molar-refractivity contribution in [3.8, 4) is 0 Å². The van der Waals surface area contributed by atoms with Gasteiger partial charge in [0.05, 0.1) is 11.9 Å². The van der Waals surface area contributed by atoms with Crippen LogP contribution < -0.4 is 0 Å². The molecular formula is C18H37ClO4S. The first-order chi connectivity index (χ1) is 11.5. The van der Waals surface area contributed by atoms with Crippen molar-refractivity contribution in [1.29, 1.82) is 0 Å². The molecule has 0 aliphatic heterocycles. The summed E-state index contributed by atoms with van der Waals surface area (Å²) in [5.41, 5.74) is 0. The number of aliphatic hydroxyl groups is 1. The molecule has 2 N–H and O–H groups in total. The Hall–Kier alpha value is 0.160. The molecule has 1 atom stereocenters. The zero-order valence-electron chi connectivity index (χ0n) is 15.1. The summed E-state index contributed by atoms with van der Waals surface area (Å²) >= 11 is 5.55. The van der Waals surface area contributed by atoms with Crippen LogP contribution in [-0.4, -0.2) is 35.8 Å². The molecule has 0 aromatic heterocycles. The zero-order chi connectivity index (χ0) is 18.1. The predicted molar refractivity (Wildman–Crippen MR) is 102 cm³/mol. The van der Waals surface area contributed by atoms with Crippen LogP contribution >= 0.6 is 11.6 Å². The van der Waals surface area contributed by atoms with E-state index in [9.17, 15) is 13.5 Å². The molecule has 0 aromatic carbocycles. The minimum atomic E-state index is -3.76. The highest BCUT2D eigenvalue weighted by molar-refractivity contribution is 7.85. The number of halogens is 1. The van der Waals surface area contributed by atoms with E-state index in [1.54, 1.807) is 0 Å². The molecule has 0 saturated carbocycles. The molecule has 1 unspecified atom stereocenters. The molecule has 0 amide bonds. The molecule has 0 saturated heterocycles. The highest BCUT2D eigenvalue weighted by atomic mass is 35.5. The Balaban J connectivity index is 3.08. The van der Waals surface area contributed by atoms with Gasteiger partial charge in [-0.05, 0) is 12.8 Å². The fourth-order valence-corrected chi connectivity index (χ4v) is 3.59. The summed E-state index contributed by atoms with van der Waals surface area (Å²) in [4.78, 5) is 0. The van der Waals surface area contributed by atoms with Gasteiger partial charge in [-0.25, -0.2) is 0 Å². The van der Waals surface area contributed by atoms with Gasteiger partial charge in [0.15, 0.2) is 0 Å². The van der Waals surface area contributed by atoms with E-state index in [2.05, 4.69) is 0 Å². The largest absolute Gasteiger partial charge is 0.392 e. The van der Waals surface area contributed by atoms with Crippen molar-refractivity contribution in [2.45, 2.75) is 102 Å². The number of hydrogen-bond donors (Lipinski definition) is 2. The van der Waals surface area contributed by atoms with Gasteiger partial charge in [-0.1, -0.05) is 83.5 Å². The topological polar surface area (TPSA) is 74.6 Å². The van der Waals surface area contributed by atoms with Crippen LogP contribution in [0.15, 0.2) is 0 Å². The van der Waals surface area contributed by atoms with E-state index in [0.717, 1.165) is 25.7 Å². The van der Waals surface area contributed by atoms with Crippen LogP contribution in [0.1, 0.15) is 96.3 Å². The minimum absolute atomic E-state index is 0.0969. The van der Waals surface area contributed by atoms with E-state index < -0.39 is 10.1 Å². The molecule has 0 aliphatic carbocycles. The first-order valence-corrected chi connectivity index (χ1v) is 11.8. The molecule has 0 fully saturated rings. The Morgan fingerprint density at radius 3 is 1.33 bits per heavy atom. The molecule has 146 valence electrons. The van der Waals surface area contributed by atoms with Crippen LogP contribution in [0.3, 0.4) is 0 Å². The lowest BCUT2D eigenvalue weighted by atomic mass is 10.0. The van der Waals surface area contributed by atoms with Crippen molar-refractivity contribution in [3.05, 3.63) is 0 Å². The summed E-state index contributed by atoms with van der Waals surface area (Å²) in [6, 6.07) is 0. The van der Waals surface area contributed by atoms with E-state index in [1.165, 1.54) is 64.2 Å². The molecule has 0 radical (unpaired) electrons. The molecule has 6 heteroatoms. The molecule has 0 spiro atoms. The third-order valence-electron chi connectivity index (χ3n) is 4.37. The molecule has 0 bridgehead atoms. The van der Waals surface area contributed by atoms with Gasteiger partial charge in [-0.15, -0.1) is 11.6 Å². The second kappa shape index (κ2) is 16.6. The van der Waals surface area contributed by atoms with Crippen molar-refractivity contribution in [2.24, 2.45) is 0 Å². The monoisotopic (exact) mass is 384 g/mol. The predicted octanol–water partition coefficient (Wildman–Crippen LogP) is 5.33. The standard InChI is InChI=1S/C18H37ClO4S/c19-17-18(20)15-13-11-9-7-5-3-1-2-4-6-8-10-12-14-16-24(21,22)23/h18,20H,1-17H2,(H,21,22,23). The molecular weight excluding hydrogens is 348 g/mol. The number of hydrogen-bond acceptors (Lipinski definition) is 3. The van der Waals surface area contributed by atoms with Gasteiger partial charge < -0.3 is 5.11 Å². The van der Waals surface area contributed by atoms with Gasteiger partial charge in [0.1, 0.15) is 0 Å². The summed E-state index contributed by atoms with van der Waals surface area (Å²) in [6.07, 6.45) is 16.8. The molecule has 0 aromatic rings. The van der Waals surface area contributed by atoms with Crippen LogP contribution in [0.25, 0.3) is 0 Å². The maximum Gasteiger partial charge on any atom is 0.264 e. The second-order valence-corrected chi connectivity index (χ2v) is 8.71. The Bertz CT molecular complexity index is 360. The Morgan fingerprint density at radius 1 is 0.667 bits per heavy atom. The normalized spacial score (nSPS) is 13.3. The first-order valence-electron chi connectivity index (χ1n) is 9.65. The average Bonchev–Trinajstić information content (AvgIpc) is 2.53. The van der Waals surface area contributed by atoms with Gasteiger partial charge in [-0.3, -0.25) is 4.55 Å². The number of unbranched alkanes of at least 4 members (excludes halogenated alkanes) is 13. The van der Waals surface area contributed by atoms with Crippen LogP contribution in [0.4, 0.5) is 0 Å². The molecule has 0 aliphatic rings. The fourth-order valence-electron chi connectivity index (χ4n) is 2.86. The van der Waals surface area contributed by atoms with Gasteiger partial charge >= 0.3 is 0 Å². The lowest BCUT2D eigenvalue weighted by Crippen LogP contribution is -2.07. The Kier molecular flexibility index (Phi) is 16.7. The van der Waals surface area contributed by atoms with E-state index >= 15 is 0 Å². The maximum absolute atomic E-state index is 10.5. The van der Waals surface area contributed by atoms with Crippen molar-refractivity contribution in [1.82, 2.24) is 0 Å². The summed E-state index contributed by atoms with van der Waals surface area (Å²) in [7, 11) is -3.76. The number of rotatable bonds is 18. The number of aliphatic hydroxyl groups excluding tert-OH is 1. The summed E-state index contributed by atoms with van der Waals surface area (Å²) in [5, 5.41) is 9.33. The zero-order valence-corrected chi connectivity index (χ0v) is 16.7. The quantitative estimate of drug-likeness (QED) is 0.190. The lowest BCUT2D eigenvalue weighted by molar-refractivity contribution is 0.183. The highest BCUT2D eigenvalue weighted by Crippen LogP contribution is 2.14. The van der Waals surface area contributed by atoms with Gasteiger partial charge in [0, 0.05) is 5.88 Å². The smallest absolute Gasteiger partial charge is 0.264 e. The van der Waals surface area contributed by atoms with E-state index in [4.69, 9.17) is 16.2 Å². The summed E-state index contributed by atoms with van der Waals surface area (Å²) < 4.78 is 29.7. The number of alkyl halides is 1. The average molecular weight is 385 g/mol. The molecule has 0 rings (SSSR count).